The van der Waals surface area contributed by atoms with E-state index in [0.717, 1.165) is 5.56 Å². The summed E-state index contributed by atoms with van der Waals surface area (Å²) in [7, 11) is 0. The largest absolute Gasteiger partial charge is 0.489 e. The molecule has 0 fully saturated rings. The minimum absolute atomic E-state index is 0.148. The molecule has 2 aromatic rings. The van der Waals surface area contributed by atoms with Gasteiger partial charge in [-0.3, -0.25) is 4.79 Å². The smallest absolute Gasteiger partial charge is 0.337 e. The van der Waals surface area contributed by atoms with Gasteiger partial charge >= 0.3 is 5.97 Å². The van der Waals surface area contributed by atoms with Crippen LogP contribution in [0.1, 0.15) is 31.0 Å². The normalized spacial score (nSPS) is 12.7. The summed E-state index contributed by atoms with van der Waals surface area (Å²) in [4.78, 5) is 23.3. The molecule has 0 aliphatic heterocycles. The molecule has 0 radical (unpaired) electrons. The highest BCUT2D eigenvalue weighted by molar-refractivity contribution is 5.78. The number of carbonyl (C=O) groups excluding carboxylic acids is 2. The summed E-state index contributed by atoms with van der Waals surface area (Å²) in [5.41, 5.74) is 1.62. The van der Waals surface area contributed by atoms with Crippen molar-refractivity contribution in [2.75, 3.05) is 6.61 Å². The number of hydrogen-bond acceptors (Lipinski definition) is 5. The van der Waals surface area contributed by atoms with Crippen LogP contribution in [-0.4, -0.2) is 29.7 Å². The molecule has 2 N–H and O–H groups in total. The number of aliphatic hydroxyl groups is 1. The highest BCUT2D eigenvalue weighted by Crippen LogP contribution is 2.22. The number of hydrogen-bond donors (Lipinski definition) is 2. The van der Waals surface area contributed by atoms with Crippen LogP contribution in [-0.2, 0) is 20.9 Å². The predicted molar refractivity (Wildman–Crippen MR) is 96.4 cm³/mol. The fourth-order valence-electron chi connectivity index (χ4n) is 2.44. The molecule has 0 aliphatic carbocycles. The van der Waals surface area contributed by atoms with Crippen molar-refractivity contribution >= 4 is 11.9 Å². The van der Waals surface area contributed by atoms with E-state index in [1.807, 2.05) is 30.3 Å². The molecule has 2 unspecified atom stereocenters. The molecule has 2 rings (SSSR count). The molecule has 6 nitrogen and oxygen atoms in total. The first kappa shape index (κ1) is 19.5. The summed E-state index contributed by atoms with van der Waals surface area (Å²) in [6.45, 7) is 3.55. The lowest BCUT2D eigenvalue weighted by Crippen LogP contribution is -2.40. The summed E-state index contributed by atoms with van der Waals surface area (Å²) < 4.78 is 10.5. The lowest BCUT2D eigenvalue weighted by Gasteiger charge is -2.23. The number of ether oxygens (including phenoxy) is 2. The SMILES string of the molecule is CCOC(=O)C(O)C(NC(C)=O)c1ccc(OCc2ccccc2)cc1. The van der Waals surface area contributed by atoms with E-state index in [2.05, 4.69) is 5.32 Å². The molecule has 0 spiro atoms. The number of carbonyl (C=O) groups is 2. The minimum atomic E-state index is -1.49. The van der Waals surface area contributed by atoms with Gasteiger partial charge in [-0.05, 0) is 30.2 Å². The van der Waals surface area contributed by atoms with Crippen LogP contribution in [0.3, 0.4) is 0 Å². The fraction of sp³-hybridized carbons (Fsp3) is 0.300. The Kier molecular flexibility index (Phi) is 7.17. The van der Waals surface area contributed by atoms with Crippen LogP contribution in [0.2, 0.25) is 0 Å². The van der Waals surface area contributed by atoms with Crippen molar-refractivity contribution in [2.45, 2.75) is 32.6 Å². The predicted octanol–water partition coefficient (Wildman–Crippen LogP) is 2.37. The Bertz CT molecular complexity index is 715. The summed E-state index contributed by atoms with van der Waals surface area (Å²) in [5, 5.41) is 12.8. The molecule has 0 saturated carbocycles. The van der Waals surface area contributed by atoms with E-state index in [4.69, 9.17) is 9.47 Å². The summed E-state index contributed by atoms with van der Waals surface area (Å²) in [6.07, 6.45) is -1.49. The average Bonchev–Trinajstić information content (AvgIpc) is 2.65. The number of nitrogens with one attached hydrogen (secondary N) is 1. The van der Waals surface area contributed by atoms with Crippen LogP contribution < -0.4 is 10.1 Å². The quantitative estimate of drug-likeness (QED) is 0.709. The third-order valence-electron chi connectivity index (χ3n) is 3.69. The van der Waals surface area contributed by atoms with Crippen LogP contribution >= 0.6 is 0 Å². The number of aliphatic hydroxyl groups excluding tert-OH is 1. The lowest BCUT2D eigenvalue weighted by molar-refractivity contribution is -0.155. The molecule has 0 aromatic heterocycles. The van der Waals surface area contributed by atoms with E-state index in [-0.39, 0.29) is 12.5 Å². The van der Waals surface area contributed by atoms with Gasteiger partial charge in [0.05, 0.1) is 12.6 Å². The van der Waals surface area contributed by atoms with E-state index in [1.165, 1.54) is 6.92 Å². The molecule has 0 saturated heterocycles. The van der Waals surface area contributed by atoms with Crippen molar-refractivity contribution in [3.8, 4) is 5.75 Å². The van der Waals surface area contributed by atoms with Gasteiger partial charge in [-0.2, -0.15) is 0 Å². The monoisotopic (exact) mass is 357 g/mol. The minimum Gasteiger partial charge on any atom is -0.489 e. The van der Waals surface area contributed by atoms with Crippen LogP contribution in [0.5, 0.6) is 5.75 Å². The Morgan fingerprint density at radius 2 is 1.73 bits per heavy atom. The van der Waals surface area contributed by atoms with Gasteiger partial charge in [-0.25, -0.2) is 4.79 Å². The molecule has 26 heavy (non-hydrogen) atoms. The Balaban J connectivity index is 2.08. The molecular weight excluding hydrogens is 334 g/mol. The Hall–Kier alpha value is -2.86. The van der Waals surface area contributed by atoms with Gasteiger partial charge in [-0.15, -0.1) is 0 Å². The van der Waals surface area contributed by atoms with Crippen molar-refractivity contribution in [3.63, 3.8) is 0 Å². The number of esters is 1. The fourth-order valence-corrected chi connectivity index (χ4v) is 2.44. The number of rotatable bonds is 8. The maximum atomic E-state index is 11.8. The second kappa shape index (κ2) is 9.58. The molecule has 1 amide bonds. The number of benzene rings is 2. The zero-order valence-corrected chi connectivity index (χ0v) is 14.8. The van der Waals surface area contributed by atoms with Gasteiger partial charge in [0.2, 0.25) is 5.91 Å². The van der Waals surface area contributed by atoms with Gasteiger partial charge in [-0.1, -0.05) is 42.5 Å². The van der Waals surface area contributed by atoms with E-state index < -0.39 is 18.1 Å². The Labute approximate surface area is 152 Å². The van der Waals surface area contributed by atoms with Gasteiger partial charge < -0.3 is 19.9 Å². The molecule has 6 heteroatoms. The first-order valence-corrected chi connectivity index (χ1v) is 8.39. The second-order valence-corrected chi connectivity index (χ2v) is 5.72. The van der Waals surface area contributed by atoms with Gasteiger partial charge in [0.1, 0.15) is 12.4 Å². The molecule has 2 aromatic carbocycles. The summed E-state index contributed by atoms with van der Waals surface area (Å²) >= 11 is 0. The zero-order valence-electron chi connectivity index (χ0n) is 14.8. The first-order chi connectivity index (χ1) is 12.5. The van der Waals surface area contributed by atoms with Crippen LogP contribution in [0.15, 0.2) is 54.6 Å². The third-order valence-corrected chi connectivity index (χ3v) is 3.69. The Morgan fingerprint density at radius 1 is 1.08 bits per heavy atom. The van der Waals surface area contributed by atoms with Crippen molar-refractivity contribution in [3.05, 3.63) is 65.7 Å². The summed E-state index contributed by atoms with van der Waals surface area (Å²) in [5.74, 6) is -0.497. The average molecular weight is 357 g/mol. The first-order valence-electron chi connectivity index (χ1n) is 8.39. The topological polar surface area (TPSA) is 84.9 Å². The van der Waals surface area contributed by atoms with Crippen LogP contribution in [0.25, 0.3) is 0 Å². The summed E-state index contributed by atoms with van der Waals surface area (Å²) in [6, 6.07) is 15.7. The highest BCUT2D eigenvalue weighted by atomic mass is 16.5. The maximum Gasteiger partial charge on any atom is 0.337 e. The van der Waals surface area contributed by atoms with E-state index in [1.54, 1.807) is 31.2 Å². The van der Waals surface area contributed by atoms with Crippen molar-refractivity contribution in [1.29, 1.82) is 0 Å². The Morgan fingerprint density at radius 3 is 2.31 bits per heavy atom. The molecule has 138 valence electrons. The van der Waals surface area contributed by atoms with Crippen molar-refractivity contribution in [1.82, 2.24) is 5.32 Å². The highest BCUT2D eigenvalue weighted by Gasteiger charge is 2.29. The van der Waals surface area contributed by atoms with Crippen LogP contribution in [0.4, 0.5) is 0 Å². The van der Waals surface area contributed by atoms with Gasteiger partial charge in [0, 0.05) is 6.92 Å². The van der Waals surface area contributed by atoms with E-state index in [0.29, 0.717) is 17.9 Å². The maximum absolute atomic E-state index is 11.8. The van der Waals surface area contributed by atoms with Crippen LogP contribution in [0, 0.1) is 0 Å². The standard InChI is InChI=1S/C20H23NO5/c1-3-25-20(24)19(23)18(21-14(2)22)16-9-11-17(12-10-16)26-13-15-7-5-4-6-8-15/h4-12,18-19,23H,3,13H2,1-2H3,(H,21,22). The van der Waals surface area contributed by atoms with E-state index in [9.17, 15) is 14.7 Å². The van der Waals surface area contributed by atoms with Gasteiger partial charge in [0.15, 0.2) is 6.10 Å². The molecule has 2 atom stereocenters. The third kappa shape index (κ3) is 5.60. The molecular formula is C20H23NO5. The molecule has 0 heterocycles. The van der Waals surface area contributed by atoms with Crippen molar-refractivity contribution in [2.24, 2.45) is 0 Å². The van der Waals surface area contributed by atoms with E-state index >= 15 is 0 Å². The molecule has 0 aliphatic rings. The van der Waals surface area contributed by atoms with Gasteiger partial charge in [0.25, 0.3) is 0 Å². The van der Waals surface area contributed by atoms with Crippen molar-refractivity contribution < 1.29 is 24.2 Å². The molecule has 0 bridgehead atoms. The zero-order chi connectivity index (χ0) is 18.9. The lowest BCUT2D eigenvalue weighted by atomic mass is 10.0. The number of amides is 1. The second-order valence-electron chi connectivity index (χ2n) is 5.72.